The van der Waals surface area contributed by atoms with Crippen molar-refractivity contribution in [3.8, 4) is 22.6 Å². The molecule has 222 valence electrons. The molecule has 2 aromatic heterocycles. The number of hydrogen-bond acceptors (Lipinski definition) is 8. The minimum Gasteiger partial charge on any atom is -0.457 e. The Labute approximate surface area is 247 Å². The molecule has 43 heavy (non-hydrogen) atoms. The van der Waals surface area contributed by atoms with Gasteiger partial charge in [-0.05, 0) is 68.7 Å². The summed E-state index contributed by atoms with van der Waals surface area (Å²) in [5.74, 6) is -0.136. The van der Waals surface area contributed by atoms with E-state index in [0.717, 1.165) is 35.4 Å². The molecule has 0 spiro atoms. The van der Waals surface area contributed by atoms with Crippen LogP contribution in [0.2, 0.25) is 0 Å². The molecule has 1 aliphatic carbocycles. The minimum atomic E-state index is -4.20. The number of rotatable bonds is 9. The summed E-state index contributed by atoms with van der Waals surface area (Å²) in [7, 11) is -8.21. The zero-order valence-corrected chi connectivity index (χ0v) is 24.7. The van der Waals surface area contributed by atoms with Crippen LogP contribution < -0.4 is 19.9 Å². The van der Waals surface area contributed by atoms with Crippen molar-refractivity contribution < 1.29 is 26.0 Å². The Bertz CT molecular complexity index is 2070. The van der Waals surface area contributed by atoms with Gasteiger partial charge in [-0.2, -0.15) is 5.10 Å². The number of H-pyrrole nitrogens is 1. The molecule has 0 atom stereocenters. The standard InChI is InChI=1S/C29H27FN6O5S2/c1-16-28(17(2)35-34-16)18-3-10-25-26(11-18)32-15-27(43(39,40)36-20-6-7-20)29(25)33-21-12-23(14-24(13-21)42(31,37)38)41-22-8-4-19(30)5-9-22/h3-5,8-15,20,36H,6-7H2,1-2H3,(H,32,33)(H,34,35)(H2,31,37,38). The molecule has 14 heteroatoms. The molecule has 0 unspecified atom stereocenters. The summed E-state index contributed by atoms with van der Waals surface area (Å²) in [5.41, 5.74) is 4.29. The van der Waals surface area contributed by atoms with E-state index in [0.29, 0.717) is 10.9 Å². The van der Waals surface area contributed by atoms with Crippen LogP contribution in [0.3, 0.4) is 0 Å². The highest BCUT2D eigenvalue weighted by atomic mass is 32.2. The zero-order valence-electron chi connectivity index (χ0n) is 23.0. The summed E-state index contributed by atoms with van der Waals surface area (Å²) < 4.78 is 73.6. The first-order valence-corrected chi connectivity index (χ1v) is 16.3. The summed E-state index contributed by atoms with van der Waals surface area (Å²) in [6, 6.07) is 14.4. The van der Waals surface area contributed by atoms with Crippen LogP contribution >= 0.6 is 0 Å². The predicted octanol–water partition coefficient (Wildman–Crippen LogP) is 5.00. The van der Waals surface area contributed by atoms with Gasteiger partial charge in [-0.3, -0.25) is 10.1 Å². The maximum absolute atomic E-state index is 13.5. The third kappa shape index (κ3) is 6.08. The Morgan fingerprint density at radius 1 is 0.977 bits per heavy atom. The van der Waals surface area contributed by atoms with Gasteiger partial charge >= 0.3 is 0 Å². The molecular formula is C29H27FN6O5S2. The quantitative estimate of drug-likeness (QED) is 0.178. The average molecular weight is 623 g/mol. The van der Waals surface area contributed by atoms with Crippen LogP contribution in [0.4, 0.5) is 15.8 Å². The number of nitrogens with zero attached hydrogens (tertiary/aromatic N) is 2. The number of nitrogens with two attached hydrogens (primary N) is 1. The molecule has 3 aromatic carbocycles. The molecule has 0 saturated heterocycles. The van der Waals surface area contributed by atoms with E-state index >= 15 is 0 Å². The van der Waals surface area contributed by atoms with Crippen LogP contribution in [0.15, 0.2) is 76.7 Å². The third-order valence-corrected chi connectivity index (χ3v) is 9.39. The summed E-state index contributed by atoms with van der Waals surface area (Å²) in [4.78, 5) is 4.09. The van der Waals surface area contributed by atoms with Crippen molar-refractivity contribution >= 4 is 42.3 Å². The number of pyridine rings is 1. The number of nitrogens with one attached hydrogen (secondary N) is 3. The highest BCUT2D eigenvalue weighted by molar-refractivity contribution is 7.89. The number of aromatic amines is 1. The number of sulfonamides is 2. The molecule has 2 heterocycles. The number of ether oxygens (including phenoxy) is 1. The van der Waals surface area contributed by atoms with E-state index in [2.05, 4.69) is 25.2 Å². The van der Waals surface area contributed by atoms with Crippen LogP contribution in [0.25, 0.3) is 22.0 Å². The number of aromatic nitrogens is 3. The molecule has 5 aromatic rings. The average Bonchev–Trinajstić information content (AvgIpc) is 3.69. The SMILES string of the molecule is Cc1n[nH]c(C)c1-c1ccc2c(Nc3cc(Oc4ccc(F)cc4)cc(S(N)(=O)=O)c3)c(S(=O)(=O)NC3CC3)cnc2c1. The lowest BCUT2D eigenvalue weighted by Gasteiger charge is -2.17. The first kappa shape index (κ1) is 28.7. The molecule has 6 rings (SSSR count). The first-order valence-electron chi connectivity index (χ1n) is 13.2. The number of hydrogen-bond donors (Lipinski definition) is 4. The zero-order chi connectivity index (χ0) is 30.5. The van der Waals surface area contributed by atoms with E-state index in [-0.39, 0.29) is 38.7 Å². The van der Waals surface area contributed by atoms with Gasteiger partial charge in [0, 0.05) is 46.7 Å². The van der Waals surface area contributed by atoms with Crippen molar-refractivity contribution in [3.63, 3.8) is 0 Å². The molecule has 1 aliphatic rings. The van der Waals surface area contributed by atoms with Gasteiger partial charge in [0.1, 0.15) is 22.2 Å². The Hall–Kier alpha value is -4.37. The second kappa shape index (κ2) is 10.7. The van der Waals surface area contributed by atoms with Gasteiger partial charge in [-0.1, -0.05) is 12.1 Å². The number of aryl methyl sites for hydroxylation is 2. The van der Waals surface area contributed by atoms with Gasteiger partial charge in [-0.15, -0.1) is 0 Å². The molecule has 0 bridgehead atoms. The lowest BCUT2D eigenvalue weighted by atomic mass is 10.0. The van der Waals surface area contributed by atoms with Gasteiger partial charge in [-0.25, -0.2) is 31.1 Å². The van der Waals surface area contributed by atoms with Gasteiger partial charge in [0.15, 0.2) is 0 Å². The Balaban J connectivity index is 1.49. The summed E-state index contributed by atoms with van der Waals surface area (Å²) in [5, 5.41) is 16.3. The second-order valence-corrected chi connectivity index (χ2v) is 13.6. The van der Waals surface area contributed by atoms with Crippen molar-refractivity contribution in [2.45, 2.75) is 42.5 Å². The lowest BCUT2D eigenvalue weighted by molar-refractivity contribution is 0.479. The molecule has 0 amide bonds. The predicted molar refractivity (Wildman–Crippen MR) is 160 cm³/mol. The molecule has 1 saturated carbocycles. The highest BCUT2D eigenvalue weighted by Crippen LogP contribution is 2.38. The monoisotopic (exact) mass is 622 g/mol. The van der Waals surface area contributed by atoms with Crippen molar-refractivity contribution in [2.24, 2.45) is 5.14 Å². The molecule has 5 N–H and O–H groups in total. The molecular weight excluding hydrogens is 595 g/mol. The lowest BCUT2D eigenvalue weighted by Crippen LogP contribution is -2.26. The molecule has 0 radical (unpaired) electrons. The molecule has 1 fully saturated rings. The van der Waals surface area contributed by atoms with Crippen molar-refractivity contribution in [1.29, 1.82) is 0 Å². The van der Waals surface area contributed by atoms with Crippen LogP contribution in [-0.2, 0) is 20.0 Å². The number of benzene rings is 3. The van der Waals surface area contributed by atoms with Gasteiger partial charge in [0.2, 0.25) is 20.0 Å². The van der Waals surface area contributed by atoms with E-state index in [1.54, 1.807) is 6.07 Å². The van der Waals surface area contributed by atoms with Crippen LogP contribution in [-0.4, -0.2) is 38.1 Å². The van der Waals surface area contributed by atoms with E-state index < -0.39 is 25.9 Å². The van der Waals surface area contributed by atoms with Crippen LogP contribution in [0.1, 0.15) is 24.2 Å². The van der Waals surface area contributed by atoms with Gasteiger partial charge in [0.05, 0.1) is 21.8 Å². The molecule has 0 aliphatic heterocycles. The Kier molecular flexibility index (Phi) is 7.16. The Morgan fingerprint density at radius 3 is 2.37 bits per heavy atom. The van der Waals surface area contributed by atoms with Gasteiger partial charge in [0.25, 0.3) is 0 Å². The number of fused-ring (bicyclic) bond motifs is 1. The number of anilines is 2. The summed E-state index contributed by atoms with van der Waals surface area (Å²) in [6.07, 6.45) is 2.74. The van der Waals surface area contributed by atoms with E-state index in [1.165, 1.54) is 48.7 Å². The largest absolute Gasteiger partial charge is 0.457 e. The minimum absolute atomic E-state index is 0.0766. The van der Waals surface area contributed by atoms with Crippen LogP contribution in [0, 0.1) is 19.7 Å². The summed E-state index contributed by atoms with van der Waals surface area (Å²) in [6.45, 7) is 3.79. The van der Waals surface area contributed by atoms with Gasteiger partial charge < -0.3 is 10.1 Å². The highest BCUT2D eigenvalue weighted by Gasteiger charge is 2.31. The van der Waals surface area contributed by atoms with Crippen molar-refractivity contribution in [2.75, 3.05) is 5.32 Å². The maximum Gasteiger partial charge on any atom is 0.244 e. The third-order valence-electron chi connectivity index (χ3n) is 6.97. The fraction of sp³-hybridized carbons (Fsp3) is 0.172. The fourth-order valence-electron chi connectivity index (χ4n) is 4.77. The Morgan fingerprint density at radius 2 is 1.72 bits per heavy atom. The smallest absolute Gasteiger partial charge is 0.244 e. The van der Waals surface area contributed by atoms with E-state index in [9.17, 15) is 21.2 Å². The number of halogens is 1. The van der Waals surface area contributed by atoms with E-state index in [1.807, 2.05) is 26.0 Å². The topological polar surface area (TPSA) is 169 Å². The maximum atomic E-state index is 13.5. The van der Waals surface area contributed by atoms with E-state index in [4.69, 9.17) is 9.88 Å². The number of primary sulfonamides is 1. The fourth-order valence-corrected chi connectivity index (χ4v) is 6.77. The van der Waals surface area contributed by atoms with Crippen LogP contribution in [0.5, 0.6) is 11.5 Å². The van der Waals surface area contributed by atoms with Crippen molar-refractivity contribution in [1.82, 2.24) is 19.9 Å². The molecule has 11 nitrogen and oxygen atoms in total. The second-order valence-electron chi connectivity index (χ2n) is 10.4. The first-order chi connectivity index (χ1) is 20.4. The van der Waals surface area contributed by atoms with Crippen molar-refractivity contribution in [3.05, 3.63) is 84.1 Å². The normalized spacial score (nSPS) is 13.8. The summed E-state index contributed by atoms with van der Waals surface area (Å²) >= 11 is 0.